The lowest BCUT2D eigenvalue weighted by Crippen LogP contribution is -2.19. The van der Waals surface area contributed by atoms with E-state index in [4.69, 9.17) is 4.52 Å². The normalized spacial score (nSPS) is 13.4. The van der Waals surface area contributed by atoms with E-state index in [0.29, 0.717) is 18.3 Å². The summed E-state index contributed by atoms with van der Waals surface area (Å²) in [5.74, 6) is 1.31. The molecule has 0 bridgehead atoms. The van der Waals surface area contributed by atoms with Crippen LogP contribution >= 0.6 is 0 Å². The molecule has 0 unspecified atom stereocenters. The van der Waals surface area contributed by atoms with Crippen LogP contribution in [0.1, 0.15) is 11.5 Å². The maximum atomic E-state index is 5.39. The van der Waals surface area contributed by atoms with Crippen LogP contribution in [0.3, 0.4) is 0 Å². The van der Waals surface area contributed by atoms with E-state index in [0.717, 1.165) is 18.5 Å². The van der Waals surface area contributed by atoms with Crippen LogP contribution in [0, 0.1) is 0 Å². The van der Waals surface area contributed by atoms with Crippen LogP contribution in [0.15, 0.2) is 59.1 Å². The molecule has 0 saturated carbocycles. The maximum Gasteiger partial charge on any atom is 0.246 e. The van der Waals surface area contributed by atoms with Gasteiger partial charge in [0, 0.05) is 17.8 Å². The first kappa shape index (κ1) is 12.1. The molecule has 4 nitrogen and oxygen atoms in total. The number of rotatable bonds is 3. The third kappa shape index (κ3) is 2.29. The molecule has 4 rings (SSSR count). The molecule has 21 heavy (non-hydrogen) atoms. The van der Waals surface area contributed by atoms with Gasteiger partial charge in [0.05, 0.1) is 6.54 Å². The Bertz CT molecular complexity index is 751. The summed E-state index contributed by atoms with van der Waals surface area (Å²) >= 11 is 0. The van der Waals surface area contributed by atoms with Crippen molar-refractivity contribution in [1.29, 1.82) is 0 Å². The second-order valence-electron chi connectivity index (χ2n) is 5.18. The monoisotopic (exact) mass is 277 g/mol. The average molecular weight is 277 g/mol. The number of hydrogen-bond acceptors (Lipinski definition) is 4. The van der Waals surface area contributed by atoms with E-state index in [9.17, 15) is 0 Å². The summed E-state index contributed by atoms with van der Waals surface area (Å²) in [4.78, 5) is 6.79. The molecule has 3 aromatic rings. The molecule has 0 radical (unpaired) electrons. The van der Waals surface area contributed by atoms with E-state index in [2.05, 4.69) is 39.3 Å². The number of fused-ring (bicyclic) bond motifs is 1. The van der Waals surface area contributed by atoms with Gasteiger partial charge in [-0.2, -0.15) is 4.98 Å². The zero-order valence-corrected chi connectivity index (χ0v) is 11.6. The maximum absolute atomic E-state index is 5.39. The summed E-state index contributed by atoms with van der Waals surface area (Å²) in [7, 11) is 0. The van der Waals surface area contributed by atoms with E-state index in [-0.39, 0.29) is 0 Å². The molecular weight excluding hydrogens is 262 g/mol. The van der Waals surface area contributed by atoms with E-state index in [1.54, 1.807) is 0 Å². The Balaban J connectivity index is 1.56. The van der Waals surface area contributed by atoms with Crippen LogP contribution in [0.4, 0.5) is 5.69 Å². The van der Waals surface area contributed by atoms with Gasteiger partial charge >= 0.3 is 0 Å². The van der Waals surface area contributed by atoms with Crippen LogP contribution < -0.4 is 4.90 Å². The second kappa shape index (κ2) is 5.05. The lowest BCUT2D eigenvalue weighted by atomic mass is 10.2. The van der Waals surface area contributed by atoms with Gasteiger partial charge in [0.25, 0.3) is 0 Å². The van der Waals surface area contributed by atoms with Crippen molar-refractivity contribution < 1.29 is 4.52 Å². The minimum atomic E-state index is 0.651. The molecule has 0 spiro atoms. The standard InChI is InChI=1S/C17H15N3O/c1-2-7-14(8-3-1)17-18-16(21-19-17)12-20-11-10-13-6-4-5-9-15(13)20/h1-9H,10-12H2. The zero-order valence-electron chi connectivity index (χ0n) is 11.6. The highest BCUT2D eigenvalue weighted by molar-refractivity contribution is 5.58. The number of hydrogen-bond donors (Lipinski definition) is 0. The highest BCUT2D eigenvalue weighted by atomic mass is 16.5. The number of nitrogens with zero attached hydrogens (tertiary/aromatic N) is 3. The van der Waals surface area contributed by atoms with Gasteiger partial charge < -0.3 is 9.42 Å². The predicted octanol–water partition coefficient (Wildman–Crippen LogP) is 3.30. The molecule has 0 saturated heterocycles. The number of aromatic nitrogens is 2. The summed E-state index contributed by atoms with van der Waals surface area (Å²) in [6, 6.07) is 18.4. The minimum Gasteiger partial charge on any atom is -0.362 e. The minimum absolute atomic E-state index is 0.651. The van der Waals surface area contributed by atoms with Gasteiger partial charge in [0.2, 0.25) is 11.7 Å². The van der Waals surface area contributed by atoms with E-state index >= 15 is 0 Å². The zero-order chi connectivity index (χ0) is 14.1. The molecule has 1 aliphatic heterocycles. The van der Waals surface area contributed by atoms with Crippen LogP contribution in [-0.2, 0) is 13.0 Å². The highest BCUT2D eigenvalue weighted by Crippen LogP contribution is 2.28. The Kier molecular flexibility index (Phi) is 2.92. The van der Waals surface area contributed by atoms with Crippen molar-refractivity contribution in [3.63, 3.8) is 0 Å². The fourth-order valence-electron chi connectivity index (χ4n) is 2.76. The molecule has 1 aliphatic rings. The summed E-state index contributed by atoms with van der Waals surface area (Å²) in [6.45, 7) is 1.67. The first-order chi connectivity index (χ1) is 10.4. The van der Waals surface area contributed by atoms with Crippen molar-refractivity contribution in [2.24, 2.45) is 0 Å². The Hall–Kier alpha value is -2.62. The number of para-hydroxylation sites is 1. The molecule has 0 N–H and O–H groups in total. The van der Waals surface area contributed by atoms with Crippen molar-refractivity contribution in [2.75, 3.05) is 11.4 Å². The van der Waals surface area contributed by atoms with E-state index in [1.807, 2.05) is 30.3 Å². The van der Waals surface area contributed by atoms with Crippen LogP contribution in [0.2, 0.25) is 0 Å². The van der Waals surface area contributed by atoms with E-state index in [1.165, 1.54) is 11.3 Å². The average Bonchev–Trinajstić information content (AvgIpc) is 3.17. The van der Waals surface area contributed by atoms with Gasteiger partial charge in [-0.1, -0.05) is 53.7 Å². The van der Waals surface area contributed by atoms with Crippen molar-refractivity contribution >= 4 is 5.69 Å². The van der Waals surface area contributed by atoms with E-state index < -0.39 is 0 Å². The Labute approximate surface area is 123 Å². The van der Waals surface area contributed by atoms with Gasteiger partial charge in [-0.3, -0.25) is 0 Å². The molecule has 0 amide bonds. The third-order valence-corrected chi connectivity index (χ3v) is 3.81. The highest BCUT2D eigenvalue weighted by Gasteiger charge is 2.20. The molecule has 4 heteroatoms. The topological polar surface area (TPSA) is 42.2 Å². The molecule has 104 valence electrons. The fourth-order valence-corrected chi connectivity index (χ4v) is 2.76. The lowest BCUT2D eigenvalue weighted by Gasteiger charge is -2.16. The predicted molar refractivity (Wildman–Crippen MR) is 80.9 cm³/mol. The summed E-state index contributed by atoms with van der Waals surface area (Å²) in [5, 5.41) is 4.07. The summed E-state index contributed by atoms with van der Waals surface area (Å²) < 4.78 is 5.39. The molecule has 2 heterocycles. The van der Waals surface area contributed by atoms with Crippen molar-refractivity contribution in [3.8, 4) is 11.4 Å². The summed E-state index contributed by atoms with van der Waals surface area (Å²) in [6.07, 6.45) is 1.08. The van der Waals surface area contributed by atoms with Crippen LogP contribution in [0.5, 0.6) is 0 Å². The third-order valence-electron chi connectivity index (χ3n) is 3.81. The Morgan fingerprint density at radius 3 is 2.71 bits per heavy atom. The SMILES string of the molecule is c1ccc(-c2noc(CN3CCc4ccccc43)n2)cc1. The van der Waals surface area contributed by atoms with Crippen molar-refractivity contribution in [3.05, 3.63) is 66.1 Å². The van der Waals surface area contributed by atoms with Crippen molar-refractivity contribution in [2.45, 2.75) is 13.0 Å². The van der Waals surface area contributed by atoms with Gasteiger partial charge in [-0.25, -0.2) is 0 Å². The Morgan fingerprint density at radius 1 is 1.00 bits per heavy atom. The lowest BCUT2D eigenvalue weighted by molar-refractivity contribution is 0.377. The molecular formula is C17H15N3O. The van der Waals surface area contributed by atoms with Crippen LogP contribution in [0.25, 0.3) is 11.4 Å². The van der Waals surface area contributed by atoms with Gasteiger partial charge in [0.1, 0.15) is 0 Å². The summed E-state index contributed by atoms with van der Waals surface area (Å²) in [5.41, 5.74) is 3.64. The van der Waals surface area contributed by atoms with Gasteiger partial charge in [0.15, 0.2) is 0 Å². The molecule has 2 aromatic carbocycles. The molecule has 0 aliphatic carbocycles. The Morgan fingerprint density at radius 2 is 1.81 bits per heavy atom. The number of benzene rings is 2. The van der Waals surface area contributed by atoms with Gasteiger partial charge in [-0.05, 0) is 18.1 Å². The molecule has 0 fully saturated rings. The molecule has 0 atom stereocenters. The number of anilines is 1. The first-order valence-electron chi connectivity index (χ1n) is 7.11. The quantitative estimate of drug-likeness (QED) is 0.736. The second-order valence-corrected chi connectivity index (χ2v) is 5.18. The van der Waals surface area contributed by atoms with Crippen LogP contribution in [-0.4, -0.2) is 16.7 Å². The van der Waals surface area contributed by atoms with Gasteiger partial charge in [-0.15, -0.1) is 0 Å². The smallest absolute Gasteiger partial charge is 0.246 e. The first-order valence-corrected chi connectivity index (χ1v) is 7.11. The largest absolute Gasteiger partial charge is 0.362 e. The molecule has 1 aromatic heterocycles. The fraction of sp³-hybridized carbons (Fsp3) is 0.176. The van der Waals surface area contributed by atoms with Crippen molar-refractivity contribution in [1.82, 2.24) is 10.1 Å².